The van der Waals surface area contributed by atoms with E-state index in [1.165, 1.54) is 6.92 Å². The third-order valence-electron chi connectivity index (χ3n) is 1.25. The molecule has 0 aromatic rings. The first-order chi connectivity index (χ1) is 7.01. The second kappa shape index (κ2) is 6.74. The SMILES string of the molecule is C=CC(=O)OOC(C)C(O)OC(=O)C=C. The second-order valence-corrected chi connectivity index (χ2v) is 2.44. The molecule has 0 bridgehead atoms. The van der Waals surface area contributed by atoms with E-state index < -0.39 is 24.3 Å². The van der Waals surface area contributed by atoms with Crippen LogP contribution in [0.1, 0.15) is 6.92 Å². The minimum Gasteiger partial charge on any atom is -0.430 e. The van der Waals surface area contributed by atoms with E-state index in [2.05, 4.69) is 27.7 Å². The van der Waals surface area contributed by atoms with E-state index in [1.807, 2.05) is 0 Å². The zero-order valence-corrected chi connectivity index (χ0v) is 8.21. The van der Waals surface area contributed by atoms with E-state index in [4.69, 9.17) is 0 Å². The molecular weight excluding hydrogens is 204 g/mol. The Kier molecular flexibility index (Phi) is 6.00. The van der Waals surface area contributed by atoms with Gasteiger partial charge in [-0.2, -0.15) is 4.89 Å². The molecule has 0 heterocycles. The number of rotatable bonds is 6. The molecule has 0 aliphatic carbocycles. The average molecular weight is 216 g/mol. The molecule has 0 saturated carbocycles. The van der Waals surface area contributed by atoms with Crippen molar-refractivity contribution in [2.45, 2.75) is 19.3 Å². The maximum atomic E-state index is 10.6. The molecule has 0 radical (unpaired) electrons. The van der Waals surface area contributed by atoms with Gasteiger partial charge in [-0.15, -0.1) is 0 Å². The summed E-state index contributed by atoms with van der Waals surface area (Å²) >= 11 is 0. The van der Waals surface area contributed by atoms with Crippen molar-refractivity contribution in [1.82, 2.24) is 0 Å². The fourth-order valence-electron chi connectivity index (χ4n) is 0.468. The molecule has 0 fully saturated rings. The van der Waals surface area contributed by atoms with Crippen molar-refractivity contribution >= 4 is 11.9 Å². The highest BCUT2D eigenvalue weighted by Crippen LogP contribution is 2.02. The zero-order chi connectivity index (χ0) is 11.8. The molecule has 6 nitrogen and oxygen atoms in total. The van der Waals surface area contributed by atoms with E-state index in [0.29, 0.717) is 0 Å². The summed E-state index contributed by atoms with van der Waals surface area (Å²) in [6.45, 7) is 7.61. The molecule has 0 aromatic carbocycles. The molecule has 0 spiro atoms. The van der Waals surface area contributed by atoms with Crippen LogP contribution in [0.5, 0.6) is 0 Å². The van der Waals surface area contributed by atoms with Gasteiger partial charge >= 0.3 is 11.9 Å². The molecule has 1 N–H and O–H groups in total. The van der Waals surface area contributed by atoms with Crippen molar-refractivity contribution in [3.63, 3.8) is 0 Å². The van der Waals surface area contributed by atoms with Crippen molar-refractivity contribution < 1.29 is 29.2 Å². The number of esters is 1. The predicted octanol–water partition coefficient (Wildman–Crippen LogP) is 0.0833. The summed E-state index contributed by atoms with van der Waals surface area (Å²) in [7, 11) is 0. The first-order valence-corrected chi connectivity index (χ1v) is 4.02. The molecule has 0 rings (SSSR count). The van der Waals surface area contributed by atoms with Crippen LogP contribution in [-0.4, -0.2) is 29.4 Å². The van der Waals surface area contributed by atoms with Crippen LogP contribution in [0.15, 0.2) is 25.3 Å². The summed E-state index contributed by atoms with van der Waals surface area (Å²) in [5.41, 5.74) is 0. The lowest BCUT2D eigenvalue weighted by Gasteiger charge is -2.16. The highest BCUT2D eigenvalue weighted by Gasteiger charge is 2.20. The number of hydrogen-bond donors (Lipinski definition) is 1. The van der Waals surface area contributed by atoms with Crippen LogP contribution in [0.2, 0.25) is 0 Å². The quantitative estimate of drug-likeness (QED) is 0.223. The van der Waals surface area contributed by atoms with Gasteiger partial charge in [-0.1, -0.05) is 13.2 Å². The van der Waals surface area contributed by atoms with Gasteiger partial charge in [0, 0.05) is 12.2 Å². The van der Waals surface area contributed by atoms with Crippen LogP contribution in [0.25, 0.3) is 0 Å². The smallest absolute Gasteiger partial charge is 0.365 e. The Morgan fingerprint density at radius 2 is 1.80 bits per heavy atom. The Balaban J connectivity index is 3.92. The number of aliphatic hydroxyl groups is 1. The number of carbonyl (C=O) groups is 2. The average Bonchev–Trinajstić information content (AvgIpc) is 2.24. The highest BCUT2D eigenvalue weighted by atomic mass is 17.2. The van der Waals surface area contributed by atoms with Crippen LogP contribution in [-0.2, 0) is 24.1 Å². The molecule has 2 atom stereocenters. The van der Waals surface area contributed by atoms with Crippen molar-refractivity contribution in [3.05, 3.63) is 25.3 Å². The molecule has 84 valence electrons. The topological polar surface area (TPSA) is 82.1 Å². The first-order valence-electron chi connectivity index (χ1n) is 4.02. The van der Waals surface area contributed by atoms with Gasteiger partial charge in [0.25, 0.3) is 0 Å². The first kappa shape index (κ1) is 13.3. The van der Waals surface area contributed by atoms with Crippen molar-refractivity contribution in [1.29, 1.82) is 0 Å². The molecule has 0 aromatic heterocycles. The van der Waals surface area contributed by atoms with E-state index in [9.17, 15) is 14.7 Å². The Hall–Kier alpha value is -1.66. The minimum atomic E-state index is -1.55. The largest absolute Gasteiger partial charge is 0.430 e. The van der Waals surface area contributed by atoms with Gasteiger partial charge in [0.15, 0.2) is 6.10 Å². The van der Waals surface area contributed by atoms with Crippen LogP contribution >= 0.6 is 0 Å². The highest BCUT2D eigenvalue weighted by molar-refractivity contribution is 5.81. The van der Waals surface area contributed by atoms with Crippen molar-refractivity contribution in [2.75, 3.05) is 0 Å². The Morgan fingerprint density at radius 3 is 2.27 bits per heavy atom. The normalized spacial score (nSPS) is 13.5. The molecule has 0 aliphatic rings. The van der Waals surface area contributed by atoms with Gasteiger partial charge in [0.2, 0.25) is 6.29 Å². The van der Waals surface area contributed by atoms with Crippen LogP contribution < -0.4 is 0 Å². The maximum Gasteiger partial charge on any atom is 0.365 e. The Labute approximate surface area is 86.7 Å². The van der Waals surface area contributed by atoms with E-state index in [1.54, 1.807) is 0 Å². The number of ether oxygens (including phenoxy) is 1. The summed E-state index contributed by atoms with van der Waals surface area (Å²) in [5, 5.41) is 9.17. The lowest BCUT2D eigenvalue weighted by molar-refractivity contribution is -0.322. The Bertz CT molecular complexity index is 259. The van der Waals surface area contributed by atoms with Gasteiger partial charge in [0.1, 0.15) is 0 Å². The van der Waals surface area contributed by atoms with E-state index in [0.717, 1.165) is 12.2 Å². The second-order valence-electron chi connectivity index (χ2n) is 2.44. The Morgan fingerprint density at radius 1 is 1.27 bits per heavy atom. The lowest BCUT2D eigenvalue weighted by atomic mass is 10.4. The standard InChI is InChI=1S/C9H12O6/c1-4-7(10)13-9(12)6(3)14-15-8(11)5-2/h4-6,9,12H,1-2H2,3H3. The van der Waals surface area contributed by atoms with Gasteiger partial charge in [0.05, 0.1) is 0 Å². The lowest BCUT2D eigenvalue weighted by Crippen LogP contribution is -2.31. The van der Waals surface area contributed by atoms with Gasteiger partial charge in [-0.3, -0.25) is 4.89 Å². The molecule has 2 unspecified atom stereocenters. The molecular formula is C9H12O6. The summed E-state index contributed by atoms with van der Waals surface area (Å²) in [6, 6.07) is 0. The molecule has 0 saturated heterocycles. The number of aliphatic hydroxyl groups excluding tert-OH is 1. The van der Waals surface area contributed by atoms with E-state index >= 15 is 0 Å². The summed E-state index contributed by atoms with van der Waals surface area (Å²) in [4.78, 5) is 29.8. The summed E-state index contributed by atoms with van der Waals surface area (Å²) < 4.78 is 4.38. The van der Waals surface area contributed by atoms with Crippen LogP contribution in [0.4, 0.5) is 0 Å². The van der Waals surface area contributed by atoms with Crippen molar-refractivity contribution in [3.8, 4) is 0 Å². The number of hydrogen-bond acceptors (Lipinski definition) is 6. The zero-order valence-electron chi connectivity index (χ0n) is 8.21. The molecule has 0 aliphatic heterocycles. The fraction of sp³-hybridized carbons (Fsp3) is 0.333. The van der Waals surface area contributed by atoms with Gasteiger partial charge in [-0.25, -0.2) is 9.59 Å². The van der Waals surface area contributed by atoms with Gasteiger partial charge < -0.3 is 9.84 Å². The third-order valence-corrected chi connectivity index (χ3v) is 1.25. The predicted molar refractivity (Wildman–Crippen MR) is 49.1 cm³/mol. The molecule has 0 amide bonds. The maximum absolute atomic E-state index is 10.6. The third kappa shape index (κ3) is 5.61. The minimum absolute atomic E-state index is 0.812. The van der Waals surface area contributed by atoms with Crippen LogP contribution in [0, 0.1) is 0 Å². The molecule has 15 heavy (non-hydrogen) atoms. The monoisotopic (exact) mass is 216 g/mol. The molecule has 6 heteroatoms. The summed E-state index contributed by atoms with van der Waals surface area (Å²) in [5.74, 6) is -1.63. The summed E-state index contributed by atoms with van der Waals surface area (Å²) in [6.07, 6.45) is -0.800. The van der Waals surface area contributed by atoms with Crippen LogP contribution in [0.3, 0.4) is 0 Å². The van der Waals surface area contributed by atoms with Gasteiger partial charge in [-0.05, 0) is 6.92 Å². The van der Waals surface area contributed by atoms with E-state index in [-0.39, 0.29) is 0 Å². The van der Waals surface area contributed by atoms with Crippen molar-refractivity contribution in [2.24, 2.45) is 0 Å². The fourth-order valence-corrected chi connectivity index (χ4v) is 0.468. The number of carbonyl (C=O) groups excluding carboxylic acids is 2.